The lowest BCUT2D eigenvalue weighted by Crippen LogP contribution is -2.37. The summed E-state index contributed by atoms with van der Waals surface area (Å²) in [4.78, 5) is 2.22. The number of benzene rings is 1. The molecule has 1 heterocycles. The zero-order valence-electron chi connectivity index (χ0n) is 11.3. The molecule has 1 aromatic carbocycles. The van der Waals surface area contributed by atoms with Crippen molar-refractivity contribution in [2.75, 3.05) is 19.6 Å². The average Bonchev–Trinajstić information content (AvgIpc) is 2.93. The highest BCUT2D eigenvalue weighted by Gasteiger charge is 2.18. The van der Waals surface area contributed by atoms with E-state index < -0.39 is 0 Å². The molecule has 0 amide bonds. The molecule has 102 valence electrons. The molecule has 0 aromatic heterocycles. The Hall–Kier alpha value is -1.44. The summed E-state index contributed by atoms with van der Waals surface area (Å²) in [6, 6.07) is 7.14. The van der Waals surface area contributed by atoms with Crippen molar-refractivity contribution >= 4 is 0 Å². The van der Waals surface area contributed by atoms with Crippen molar-refractivity contribution in [3.63, 3.8) is 0 Å². The number of hydrogen-bond donors (Lipinski definition) is 1. The van der Waals surface area contributed by atoms with E-state index in [9.17, 15) is 4.39 Å². The van der Waals surface area contributed by atoms with Crippen molar-refractivity contribution in [2.24, 2.45) is 0 Å². The van der Waals surface area contributed by atoms with E-state index in [1.165, 1.54) is 25.0 Å². The molecule has 1 fully saturated rings. The molecule has 1 unspecified atom stereocenters. The zero-order valence-corrected chi connectivity index (χ0v) is 11.3. The molecule has 1 aliphatic heterocycles. The topological polar surface area (TPSA) is 39.1 Å². The van der Waals surface area contributed by atoms with Crippen LogP contribution in [-0.4, -0.2) is 30.6 Å². The van der Waals surface area contributed by atoms with Gasteiger partial charge in [-0.3, -0.25) is 4.90 Å². The van der Waals surface area contributed by atoms with Gasteiger partial charge in [0, 0.05) is 24.7 Å². The van der Waals surface area contributed by atoms with E-state index in [1.807, 2.05) is 0 Å². The summed E-state index contributed by atoms with van der Waals surface area (Å²) in [5, 5.41) is 12.3. The lowest BCUT2D eigenvalue weighted by molar-refractivity contribution is 0.250. The van der Waals surface area contributed by atoms with Crippen LogP contribution in [0.15, 0.2) is 18.2 Å². The van der Waals surface area contributed by atoms with Gasteiger partial charge in [0.05, 0.1) is 11.6 Å². The molecule has 0 spiro atoms. The molecule has 1 aliphatic rings. The highest BCUT2D eigenvalue weighted by molar-refractivity contribution is 5.33. The Morgan fingerprint density at radius 2 is 2.37 bits per heavy atom. The van der Waals surface area contributed by atoms with E-state index >= 15 is 0 Å². The quantitative estimate of drug-likeness (QED) is 0.883. The number of nitrogens with one attached hydrogen (secondary N) is 1. The van der Waals surface area contributed by atoms with Gasteiger partial charge in [-0.2, -0.15) is 5.26 Å². The first kappa shape index (κ1) is 14.0. The van der Waals surface area contributed by atoms with Crippen molar-refractivity contribution in [1.82, 2.24) is 10.2 Å². The Labute approximate surface area is 114 Å². The molecule has 1 saturated heterocycles. The lowest BCUT2D eigenvalue weighted by Gasteiger charge is -2.24. The van der Waals surface area contributed by atoms with Crippen molar-refractivity contribution in [2.45, 2.75) is 32.4 Å². The van der Waals surface area contributed by atoms with Crippen molar-refractivity contribution in [3.05, 3.63) is 35.1 Å². The van der Waals surface area contributed by atoms with Crippen molar-refractivity contribution < 1.29 is 4.39 Å². The number of nitrogens with zero attached hydrogens (tertiary/aromatic N) is 2. The average molecular weight is 261 g/mol. The van der Waals surface area contributed by atoms with Gasteiger partial charge >= 0.3 is 0 Å². The van der Waals surface area contributed by atoms with Gasteiger partial charge in [0.2, 0.25) is 0 Å². The fourth-order valence-electron chi connectivity index (χ4n) is 2.54. The second-order valence-electron chi connectivity index (χ2n) is 5.04. The molecule has 0 radical (unpaired) electrons. The van der Waals surface area contributed by atoms with Crippen LogP contribution in [0, 0.1) is 17.1 Å². The molecule has 19 heavy (non-hydrogen) atoms. The Kier molecular flexibility index (Phi) is 4.89. The predicted octanol–water partition coefficient (Wildman–Crippen LogP) is 2.27. The maximum atomic E-state index is 13.8. The number of rotatable bonds is 5. The van der Waals surface area contributed by atoms with Crippen LogP contribution in [-0.2, 0) is 6.54 Å². The van der Waals surface area contributed by atoms with Crippen LogP contribution in [0.2, 0.25) is 0 Å². The summed E-state index contributed by atoms with van der Waals surface area (Å²) in [5.74, 6) is -0.225. The third-order valence-corrected chi connectivity index (χ3v) is 3.66. The second kappa shape index (κ2) is 6.65. The third-order valence-electron chi connectivity index (χ3n) is 3.66. The molecular formula is C15H20FN3. The minimum absolute atomic E-state index is 0.225. The number of halogens is 1. The molecule has 0 aliphatic carbocycles. The van der Waals surface area contributed by atoms with Gasteiger partial charge in [-0.25, -0.2) is 4.39 Å². The van der Waals surface area contributed by atoms with E-state index in [1.54, 1.807) is 6.07 Å². The molecule has 1 atom stereocenters. The standard InChI is InChI=1S/C15H20FN3/c1-2-19(11-14-4-3-7-18-14)10-13-8-12(9-17)5-6-15(13)16/h5-6,8,14,18H,2-4,7,10-11H2,1H3. The molecular weight excluding hydrogens is 241 g/mol. The SMILES string of the molecule is CCN(Cc1cc(C#N)ccc1F)CC1CCCN1. The zero-order chi connectivity index (χ0) is 13.7. The monoisotopic (exact) mass is 261 g/mol. The van der Waals surface area contributed by atoms with Crippen LogP contribution in [0.5, 0.6) is 0 Å². The molecule has 1 N–H and O–H groups in total. The first-order valence-corrected chi connectivity index (χ1v) is 6.87. The van der Waals surface area contributed by atoms with Gasteiger partial charge in [-0.15, -0.1) is 0 Å². The second-order valence-corrected chi connectivity index (χ2v) is 5.04. The minimum Gasteiger partial charge on any atom is -0.313 e. The first-order chi connectivity index (χ1) is 9.22. The third kappa shape index (κ3) is 3.76. The summed E-state index contributed by atoms with van der Waals surface area (Å²) in [6.07, 6.45) is 2.41. The van der Waals surface area contributed by atoms with Gasteiger partial charge in [0.1, 0.15) is 5.82 Å². The van der Waals surface area contributed by atoms with Gasteiger partial charge in [-0.1, -0.05) is 6.92 Å². The number of hydrogen-bond acceptors (Lipinski definition) is 3. The molecule has 0 saturated carbocycles. The van der Waals surface area contributed by atoms with E-state index in [4.69, 9.17) is 5.26 Å². The van der Waals surface area contributed by atoms with Crippen molar-refractivity contribution in [1.29, 1.82) is 5.26 Å². The van der Waals surface area contributed by atoms with E-state index in [-0.39, 0.29) is 5.82 Å². The van der Waals surface area contributed by atoms with E-state index in [2.05, 4.69) is 23.2 Å². The van der Waals surface area contributed by atoms with Crippen LogP contribution < -0.4 is 5.32 Å². The van der Waals surface area contributed by atoms with Crippen molar-refractivity contribution in [3.8, 4) is 6.07 Å². The normalized spacial score (nSPS) is 18.7. The summed E-state index contributed by atoms with van der Waals surface area (Å²) in [7, 11) is 0. The van der Waals surface area contributed by atoms with Gasteiger partial charge < -0.3 is 5.32 Å². The van der Waals surface area contributed by atoms with Crippen LogP contribution in [0.4, 0.5) is 4.39 Å². The molecule has 1 aromatic rings. The van der Waals surface area contributed by atoms with Crippen LogP contribution in [0.1, 0.15) is 30.9 Å². The van der Waals surface area contributed by atoms with Gasteiger partial charge in [0.25, 0.3) is 0 Å². The van der Waals surface area contributed by atoms with E-state index in [0.29, 0.717) is 23.7 Å². The van der Waals surface area contributed by atoms with Gasteiger partial charge in [-0.05, 0) is 44.1 Å². The number of nitriles is 1. The highest BCUT2D eigenvalue weighted by atomic mass is 19.1. The van der Waals surface area contributed by atoms with Crippen LogP contribution in [0.25, 0.3) is 0 Å². The summed E-state index contributed by atoms with van der Waals surface area (Å²) in [6.45, 7) is 5.55. The Morgan fingerprint density at radius 1 is 1.53 bits per heavy atom. The van der Waals surface area contributed by atoms with Crippen LogP contribution in [0.3, 0.4) is 0 Å². The highest BCUT2D eigenvalue weighted by Crippen LogP contribution is 2.14. The first-order valence-electron chi connectivity index (χ1n) is 6.87. The summed E-state index contributed by atoms with van der Waals surface area (Å²) in [5.41, 5.74) is 1.13. The smallest absolute Gasteiger partial charge is 0.127 e. The number of likely N-dealkylation sites (N-methyl/N-ethyl adjacent to an activating group) is 1. The predicted molar refractivity (Wildman–Crippen MR) is 73.1 cm³/mol. The summed E-state index contributed by atoms with van der Waals surface area (Å²) >= 11 is 0. The molecule has 0 bridgehead atoms. The molecule has 4 heteroatoms. The Balaban J connectivity index is 2.02. The maximum absolute atomic E-state index is 13.8. The fourth-order valence-corrected chi connectivity index (χ4v) is 2.54. The lowest BCUT2D eigenvalue weighted by atomic mass is 10.1. The van der Waals surface area contributed by atoms with Gasteiger partial charge in [0.15, 0.2) is 0 Å². The minimum atomic E-state index is -0.225. The molecule has 2 rings (SSSR count). The summed E-state index contributed by atoms with van der Waals surface area (Å²) < 4.78 is 13.8. The van der Waals surface area contributed by atoms with Crippen LogP contribution >= 0.6 is 0 Å². The Morgan fingerprint density at radius 3 is 3.00 bits per heavy atom. The Bertz CT molecular complexity index is 461. The largest absolute Gasteiger partial charge is 0.313 e. The fraction of sp³-hybridized carbons (Fsp3) is 0.533. The molecule has 3 nitrogen and oxygen atoms in total. The maximum Gasteiger partial charge on any atom is 0.127 e. The van der Waals surface area contributed by atoms with E-state index in [0.717, 1.165) is 19.6 Å².